The van der Waals surface area contributed by atoms with E-state index >= 15 is 0 Å². The lowest BCUT2D eigenvalue weighted by molar-refractivity contribution is 0.0391. The van der Waals surface area contributed by atoms with E-state index in [1.54, 1.807) is 12.1 Å². The number of hydrogen-bond acceptors (Lipinski definition) is 5. The van der Waals surface area contributed by atoms with Crippen molar-refractivity contribution in [2.45, 2.75) is 0 Å². The van der Waals surface area contributed by atoms with E-state index in [0.717, 1.165) is 49.7 Å². The summed E-state index contributed by atoms with van der Waals surface area (Å²) in [5.74, 6) is -1.18. The van der Waals surface area contributed by atoms with Gasteiger partial charge in [-0.25, -0.2) is 9.59 Å². The van der Waals surface area contributed by atoms with Gasteiger partial charge in [0.05, 0.1) is 29.2 Å². The molecule has 0 spiro atoms. The van der Waals surface area contributed by atoms with E-state index < -0.39 is 11.9 Å². The summed E-state index contributed by atoms with van der Waals surface area (Å²) in [5, 5.41) is 8.23. The van der Waals surface area contributed by atoms with E-state index in [1.807, 2.05) is 24.3 Å². The highest BCUT2D eigenvalue weighted by atomic mass is 16.6. The van der Waals surface area contributed by atoms with Crippen molar-refractivity contribution in [2.24, 2.45) is 0 Å². The van der Waals surface area contributed by atoms with E-state index in [2.05, 4.69) is 82.6 Å². The van der Waals surface area contributed by atoms with Crippen LogP contribution in [0, 0.1) is 0 Å². The summed E-state index contributed by atoms with van der Waals surface area (Å²) in [6.45, 7) is 0.679. The number of cyclic esters (lactones) is 2. The lowest BCUT2D eigenvalue weighted by Crippen LogP contribution is -2.35. The Labute approximate surface area is 228 Å². The van der Waals surface area contributed by atoms with Gasteiger partial charge in [-0.15, -0.1) is 0 Å². The zero-order chi connectivity index (χ0) is 26.5. The molecule has 0 bridgehead atoms. The van der Waals surface area contributed by atoms with Gasteiger partial charge in [-0.1, -0.05) is 60.7 Å². The fourth-order valence-corrected chi connectivity index (χ4v) is 6.79. The molecule has 9 rings (SSSR count). The third kappa shape index (κ3) is 2.66. The van der Waals surface area contributed by atoms with Crippen molar-refractivity contribution in [3.8, 4) is 0 Å². The van der Waals surface area contributed by atoms with Crippen molar-refractivity contribution in [3.63, 3.8) is 0 Å². The number of hydrogen-bond donors (Lipinski definition) is 0. The summed E-state index contributed by atoms with van der Waals surface area (Å²) in [6.07, 6.45) is 0. The molecule has 2 heterocycles. The van der Waals surface area contributed by atoms with Crippen LogP contribution in [0.5, 0.6) is 0 Å². The molecule has 2 aliphatic rings. The molecule has 0 N–H and O–H groups in total. The normalized spacial score (nSPS) is 14.6. The first-order valence-corrected chi connectivity index (χ1v) is 13.3. The minimum absolute atomic E-state index is 0.440. The first-order chi connectivity index (χ1) is 19.7. The summed E-state index contributed by atoms with van der Waals surface area (Å²) >= 11 is 0. The van der Waals surface area contributed by atoms with E-state index in [9.17, 15) is 9.59 Å². The topological polar surface area (TPSA) is 49.9 Å². The standard InChI is InChI=1S/C35H20N2O3/c38-34-26-13-11-22-24-15-17-28-33-29(37(21-9-5-2-6-10-21)19-36(28)20-7-3-1-4-8-20)18-16-25(31(24)33)23-12-14-27(35(39)40-34)32(26)30(22)23/h1-18H,19H2. The molecule has 7 aromatic carbocycles. The van der Waals surface area contributed by atoms with Crippen molar-refractivity contribution in [2.75, 3.05) is 16.5 Å². The predicted octanol–water partition coefficient (Wildman–Crippen LogP) is 8.30. The second-order valence-corrected chi connectivity index (χ2v) is 10.4. The Kier molecular flexibility index (Phi) is 4.07. The van der Waals surface area contributed by atoms with Crippen molar-refractivity contribution >= 4 is 77.8 Å². The summed E-state index contributed by atoms with van der Waals surface area (Å²) in [4.78, 5) is 30.1. The number of benzene rings is 7. The second kappa shape index (κ2) is 7.58. The maximum absolute atomic E-state index is 12.7. The largest absolute Gasteiger partial charge is 0.386 e. The predicted molar refractivity (Wildman–Crippen MR) is 159 cm³/mol. The molecule has 0 saturated carbocycles. The number of para-hydroxylation sites is 2. The van der Waals surface area contributed by atoms with Crippen LogP contribution in [-0.4, -0.2) is 18.6 Å². The average molecular weight is 517 g/mol. The summed E-state index contributed by atoms with van der Waals surface area (Å²) < 4.78 is 5.03. The third-order valence-electron chi connectivity index (χ3n) is 8.48. The van der Waals surface area contributed by atoms with Crippen molar-refractivity contribution in [1.82, 2.24) is 0 Å². The Morgan fingerprint density at radius 1 is 0.450 bits per heavy atom. The number of ether oxygens (including phenoxy) is 1. The van der Waals surface area contributed by atoms with Gasteiger partial charge in [-0.2, -0.15) is 0 Å². The molecule has 0 aromatic heterocycles. The molecule has 0 amide bonds. The van der Waals surface area contributed by atoms with Gasteiger partial charge in [0.25, 0.3) is 0 Å². The minimum atomic E-state index is -0.589. The van der Waals surface area contributed by atoms with E-state index in [4.69, 9.17) is 4.74 Å². The SMILES string of the molecule is O=C1OC(=O)c2ccc3c4ccc5c6c(ccc(c7ccc1c2c73)c64)N(c1ccccc1)CN5c1ccccc1. The highest BCUT2D eigenvalue weighted by molar-refractivity contribution is 6.39. The Balaban J connectivity index is 1.45. The second-order valence-electron chi connectivity index (χ2n) is 10.4. The molecule has 5 nitrogen and oxygen atoms in total. The monoisotopic (exact) mass is 516 g/mol. The molecule has 7 aromatic rings. The number of carbonyl (C=O) groups is 2. The van der Waals surface area contributed by atoms with Gasteiger partial charge in [0.15, 0.2) is 0 Å². The van der Waals surface area contributed by atoms with Gasteiger partial charge in [0.1, 0.15) is 0 Å². The fourth-order valence-electron chi connectivity index (χ4n) is 6.79. The maximum atomic E-state index is 12.7. The summed E-state index contributed by atoms with van der Waals surface area (Å²) in [7, 11) is 0. The Morgan fingerprint density at radius 3 is 1.35 bits per heavy atom. The highest BCUT2D eigenvalue weighted by Crippen LogP contribution is 2.51. The number of carbonyl (C=O) groups excluding carboxylic acids is 2. The Morgan fingerprint density at radius 2 is 0.875 bits per heavy atom. The lowest BCUT2D eigenvalue weighted by atomic mass is 9.85. The molecule has 40 heavy (non-hydrogen) atoms. The molecular formula is C35H20N2O3. The first-order valence-electron chi connectivity index (χ1n) is 13.3. The fraction of sp³-hybridized carbons (Fsp3) is 0.0286. The van der Waals surface area contributed by atoms with E-state index in [1.165, 1.54) is 10.8 Å². The van der Waals surface area contributed by atoms with E-state index in [0.29, 0.717) is 23.2 Å². The number of fused-ring (bicyclic) bond motifs is 2. The molecule has 188 valence electrons. The summed E-state index contributed by atoms with van der Waals surface area (Å²) in [6, 6.07) is 37.4. The first kappa shape index (κ1) is 21.5. The Hall–Kier alpha value is -5.42. The van der Waals surface area contributed by atoms with Crippen LogP contribution in [0.2, 0.25) is 0 Å². The number of anilines is 4. The zero-order valence-corrected chi connectivity index (χ0v) is 21.2. The zero-order valence-electron chi connectivity index (χ0n) is 21.2. The molecular weight excluding hydrogens is 496 g/mol. The molecule has 0 aliphatic carbocycles. The van der Waals surface area contributed by atoms with Crippen LogP contribution in [0.4, 0.5) is 22.7 Å². The lowest BCUT2D eigenvalue weighted by Gasteiger charge is -2.40. The van der Waals surface area contributed by atoms with Gasteiger partial charge in [-0.3, -0.25) is 0 Å². The van der Waals surface area contributed by atoms with Crippen LogP contribution in [-0.2, 0) is 4.74 Å². The van der Waals surface area contributed by atoms with Crippen molar-refractivity contribution < 1.29 is 14.3 Å². The van der Waals surface area contributed by atoms with E-state index in [-0.39, 0.29) is 0 Å². The van der Waals surface area contributed by atoms with Crippen LogP contribution in [0.15, 0.2) is 109 Å². The number of rotatable bonds is 2. The summed E-state index contributed by atoms with van der Waals surface area (Å²) in [5.41, 5.74) is 5.44. The third-order valence-corrected chi connectivity index (χ3v) is 8.48. The number of nitrogens with zero attached hydrogens (tertiary/aromatic N) is 2. The number of esters is 2. The highest BCUT2D eigenvalue weighted by Gasteiger charge is 2.32. The van der Waals surface area contributed by atoms with Gasteiger partial charge in [0.2, 0.25) is 0 Å². The van der Waals surface area contributed by atoms with Gasteiger partial charge < -0.3 is 14.5 Å². The molecule has 5 heteroatoms. The molecule has 0 atom stereocenters. The van der Waals surface area contributed by atoms with Crippen LogP contribution in [0.1, 0.15) is 20.7 Å². The maximum Gasteiger partial charge on any atom is 0.346 e. The Bertz CT molecular complexity index is 2060. The van der Waals surface area contributed by atoms with Crippen molar-refractivity contribution in [3.05, 3.63) is 120 Å². The minimum Gasteiger partial charge on any atom is -0.386 e. The van der Waals surface area contributed by atoms with Crippen LogP contribution < -0.4 is 9.80 Å². The van der Waals surface area contributed by atoms with Crippen LogP contribution >= 0.6 is 0 Å². The molecule has 0 saturated heterocycles. The quantitative estimate of drug-likeness (QED) is 0.100. The van der Waals surface area contributed by atoms with Gasteiger partial charge in [-0.05, 0) is 75.5 Å². The molecule has 0 fully saturated rings. The molecule has 2 aliphatic heterocycles. The van der Waals surface area contributed by atoms with Crippen LogP contribution in [0.3, 0.4) is 0 Å². The van der Waals surface area contributed by atoms with Gasteiger partial charge >= 0.3 is 11.9 Å². The molecule has 0 unspecified atom stereocenters. The smallest absolute Gasteiger partial charge is 0.346 e. The van der Waals surface area contributed by atoms with Gasteiger partial charge in [0, 0.05) is 27.5 Å². The molecule has 0 radical (unpaired) electrons. The average Bonchev–Trinajstić information content (AvgIpc) is 3.01. The van der Waals surface area contributed by atoms with Crippen LogP contribution in [0.25, 0.3) is 43.1 Å². The van der Waals surface area contributed by atoms with Crippen molar-refractivity contribution in [1.29, 1.82) is 0 Å².